The van der Waals surface area contributed by atoms with Crippen LogP contribution in [0.3, 0.4) is 0 Å². The maximum Gasteiger partial charge on any atom is -0.000708 e. The summed E-state index contributed by atoms with van der Waals surface area (Å²) in [5.74, 6) is 0. The lowest BCUT2D eigenvalue weighted by Crippen LogP contribution is -1.92. The number of aryl methyl sites for hydroxylation is 1. The van der Waals surface area contributed by atoms with Crippen LogP contribution < -0.4 is 0 Å². The van der Waals surface area contributed by atoms with Gasteiger partial charge in [0.15, 0.2) is 0 Å². The molecule has 0 heterocycles. The van der Waals surface area contributed by atoms with Crippen LogP contribution in [0.4, 0.5) is 0 Å². The van der Waals surface area contributed by atoms with Crippen LogP contribution in [0.15, 0.2) is 78.9 Å². The van der Waals surface area contributed by atoms with E-state index in [2.05, 4.69) is 85.8 Å². The third-order valence-corrected chi connectivity index (χ3v) is 9.14. The van der Waals surface area contributed by atoms with E-state index >= 15 is 0 Å². The molecule has 0 saturated heterocycles. The average Bonchev–Trinajstić information content (AvgIpc) is 3.62. The van der Waals surface area contributed by atoms with Crippen molar-refractivity contribution in [2.75, 3.05) is 0 Å². The minimum atomic E-state index is 1.07. The Morgan fingerprint density at radius 1 is 0.400 bits per heavy atom. The van der Waals surface area contributed by atoms with Crippen LogP contribution >= 0.6 is 0 Å². The molecule has 4 aliphatic carbocycles. The van der Waals surface area contributed by atoms with Crippen molar-refractivity contribution in [3.05, 3.63) is 129 Å². The zero-order valence-electron chi connectivity index (χ0n) is 19.8. The minimum Gasteiger partial charge on any atom is -0.0619 e. The summed E-state index contributed by atoms with van der Waals surface area (Å²) >= 11 is 0. The summed E-state index contributed by atoms with van der Waals surface area (Å²) in [6, 6.07) is 30.1. The van der Waals surface area contributed by atoms with Crippen molar-refractivity contribution in [3.8, 4) is 44.5 Å². The van der Waals surface area contributed by atoms with Crippen LogP contribution in [0.25, 0.3) is 44.5 Å². The molecule has 0 unspecified atom stereocenters. The van der Waals surface area contributed by atoms with Crippen LogP contribution in [0.2, 0.25) is 0 Å². The average molecular weight is 445 g/mol. The molecule has 9 rings (SSSR count). The first-order valence-electron chi connectivity index (χ1n) is 12.9. The standard InChI is InChI=1S/C35H24/c1-19-14-23-18-30-28(35(23)32-16-21-7-3-5-9-25(21)33(19)32)13-12-27-29(30)17-22-10-11-26-24-8-4-2-6-20(24)15-31(26)34(22)27/h2-14H,15-18H2,1H3. The van der Waals surface area contributed by atoms with Gasteiger partial charge in [-0.15, -0.1) is 0 Å². The van der Waals surface area contributed by atoms with E-state index in [0.717, 1.165) is 25.7 Å². The molecule has 0 fully saturated rings. The molecule has 35 heavy (non-hydrogen) atoms. The van der Waals surface area contributed by atoms with Gasteiger partial charge in [-0.05, 0) is 127 Å². The molecular formula is C35H24. The van der Waals surface area contributed by atoms with Crippen molar-refractivity contribution in [1.29, 1.82) is 0 Å². The zero-order chi connectivity index (χ0) is 22.8. The quantitative estimate of drug-likeness (QED) is 0.221. The maximum atomic E-state index is 2.49. The van der Waals surface area contributed by atoms with Crippen LogP contribution in [0.5, 0.6) is 0 Å². The monoisotopic (exact) mass is 444 g/mol. The number of rotatable bonds is 0. The van der Waals surface area contributed by atoms with Gasteiger partial charge in [-0.25, -0.2) is 0 Å². The Morgan fingerprint density at radius 3 is 1.77 bits per heavy atom. The number of hydrogen-bond acceptors (Lipinski definition) is 0. The molecule has 0 atom stereocenters. The lowest BCUT2D eigenvalue weighted by molar-refractivity contribution is 1.16. The van der Waals surface area contributed by atoms with Gasteiger partial charge in [-0.2, -0.15) is 0 Å². The molecule has 0 amide bonds. The first-order valence-corrected chi connectivity index (χ1v) is 12.9. The Labute approximate surface area is 205 Å². The lowest BCUT2D eigenvalue weighted by Gasteiger charge is -2.13. The molecule has 4 aliphatic rings. The summed E-state index contributed by atoms with van der Waals surface area (Å²) in [6.45, 7) is 2.31. The van der Waals surface area contributed by atoms with Gasteiger partial charge in [-0.1, -0.05) is 78.9 Å². The fourth-order valence-corrected chi connectivity index (χ4v) is 7.79. The first-order chi connectivity index (χ1) is 17.3. The SMILES string of the molecule is Cc1cc2c(c3c1-c1ccccc1C3)-c1ccc3c(c1C2)Cc1ccc2c(c1-3)Cc1ccccc1-2. The van der Waals surface area contributed by atoms with Crippen molar-refractivity contribution in [3.63, 3.8) is 0 Å². The van der Waals surface area contributed by atoms with E-state index in [-0.39, 0.29) is 0 Å². The number of benzene rings is 5. The van der Waals surface area contributed by atoms with Crippen molar-refractivity contribution in [2.45, 2.75) is 32.6 Å². The van der Waals surface area contributed by atoms with E-state index in [1.165, 1.54) is 72.3 Å². The van der Waals surface area contributed by atoms with Crippen LogP contribution in [-0.4, -0.2) is 0 Å². The normalized spacial score (nSPS) is 14.5. The molecule has 0 aromatic heterocycles. The summed E-state index contributed by atoms with van der Waals surface area (Å²) < 4.78 is 0. The topological polar surface area (TPSA) is 0 Å². The van der Waals surface area contributed by atoms with Gasteiger partial charge in [0.2, 0.25) is 0 Å². The molecule has 0 bridgehead atoms. The molecule has 0 N–H and O–H groups in total. The lowest BCUT2D eigenvalue weighted by atomic mass is 9.90. The Kier molecular flexibility index (Phi) is 3.27. The van der Waals surface area contributed by atoms with E-state index in [0.29, 0.717) is 0 Å². The zero-order valence-corrected chi connectivity index (χ0v) is 19.8. The molecule has 0 radical (unpaired) electrons. The van der Waals surface area contributed by atoms with Crippen molar-refractivity contribution in [1.82, 2.24) is 0 Å². The summed E-state index contributed by atoms with van der Waals surface area (Å²) in [7, 11) is 0. The maximum absolute atomic E-state index is 2.49. The summed E-state index contributed by atoms with van der Waals surface area (Å²) in [4.78, 5) is 0. The van der Waals surface area contributed by atoms with Crippen molar-refractivity contribution >= 4 is 0 Å². The van der Waals surface area contributed by atoms with Crippen LogP contribution in [-0.2, 0) is 25.7 Å². The molecule has 0 saturated carbocycles. The first kappa shape index (κ1) is 18.4. The second kappa shape index (κ2) is 6.20. The fourth-order valence-electron chi connectivity index (χ4n) is 7.79. The third-order valence-electron chi connectivity index (χ3n) is 9.14. The predicted octanol–water partition coefficient (Wildman–Crippen LogP) is 8.28. The smallest absolute Gasteiger partial charge is 0.000708 e. The van der Waals surface area contributed by atoms with Gasteiger partial charge < -0.3 is 0 Å². The Morgan fingerprint density at radius 2 is 0.971 bits per heavy atom. The largest absolute Gasteiger partial charge is 0.0619 e. The highest BCUT2D eigenvalue weighted by Gasteiger charge is 2.35. The molecule has 5 aromatic carbocycles. The Bertz CT molecular complexity index is 1800. The molecule has 0 spiro atoms. The molecule has 164 valence electrons. The molecule has 0 heteroatoms. The molecule has 5 aromatic rings. The van der Waals surface area contributed by atoms with E-state index in [1.54, 1.807) is 22.3 Å². The van der Waals surface area contributed by atoms with E-state index in [4.69, 9.17) is 0 Å². The van der Waals surface area contributed by atoms with Gasteiger partial charge in [0.05, 0.1) is 0 Å². The van der Waals surface area contributed by atoms with Crippen molar-refractivity contribution < 1.29 is 0 Å². The third kappa shape index (κ3) is 2.19. The Balaban J connectivity index is 1.24. The van der Waals surface area contributed by atoms with Crippen LogP contribution in [0.1, 0.15) is 50.1 Å². The summed E-state index contributed by atoms with van der Waals surface area (Å²) in [5.41, 5.74) is 25.6. The summed E-state index contributed by atoms with van der Waals surface area (Å²) in [5, 5.41) is 0. The van der Waals surface area contributed by atoms with E-state index < -0.39 is 0 Å². The van der Waals surface area contributed by atoms with Gasteiger partial charge in [0.25, 0.3) is 0 Å². The highest BCUT2D eigenvalue weighted by atomic mass is 14.4. The summed E-state index contributed by atoms with van der Waals surface area (Å²) in [6.07, 6.45) is 4.29. The highest BCUT2D eigenvalue weighted by molar-refractivity contribution is 5.96. The minimum absolute atomic E-state index is 1.07. The number of fused-ring (bicyclic) bond motifs is 15. The number of hydrogen-bond donors (Lipinski definition) is 0. The van der Waals surface area contributed by atoms with Gasteiger partial charge in [-0.3, -0.25) is 0 Å². The molecule has 0 aliphatic heterocycles. The van der Waals surface area contributed by atoms with Gasteiger partial charge in [0, 0.05) is 0 Å². The van der Waals surface area contributed by atoms with Gasteiger partial charge in [0.1, 0.15) is 0 Å². The molecule has 0 nitrogen and oxygen atoms in total. The van der Waals surface area contributed by atoms with Gasteiger partial charge >= 0.3 is 0 Å². The fraction of sp³-hybridized carbons (Fsp3) is 0.143. The Hall–Kier alpha value is -3.90. The van der Waals surface area contributed by atoms with E-state index in [9.17, 15) is 0 Å². The second-order valence-electron chi connectivity index (χ2n) is 10.8. The predicted molar refractivity (Wildman–Crippen MR) is 144 cm³/mol. The van der Waals surface area contributed by atoms with Crippen molar-refractivity contribution in [2.24, 2.45) is 0 Å². The van der Waals surface area contributed by atoms with E-state index in [1.807, 2.05) is 0 Å². The molecular weight excluding hydrogens is 420 g/mol. The highest BCUT2D eigenvalue weighted by Crippen LogP contribution is 2.54. The van der Waals surface area contributed by atoms with Crippen LogP contribution in [0, 0.1) is 6.92 Å². The second-order valence-corrected chi connectivity index (χ2v) is 10.8.